The van der Waals surface area contributed by atoms with Crippen molar-refractivity contribution in [3.63, 3.8) is 0 Å². The highest BCUT2D eigenvalue weighted by Crippen LogP contribution is 2.19. The second kappa shape index (κ2) is 5.61. The summed E-state index contributed by atoms with van der Waals surface area (Å²) >= 11 is 7.06. The normalized spacial score (nSPS) is 10.7. The molecule has 1 N–H and O–H groups in total. The summed E-state index contributed by atoms with van der Waals surface area (Å²) in [6.45, 7) is 0. The van der Waals surface area contributed by atoms with E-state index >= 15 is 0 Å². The van der Waals surface area contributed by atoms with Gasteiger partial charge in [-0.1, -0.05) is 30.3 Å². The fourth-order valence-corrected chi connectivity index (χ4v) is 2.86. The molecule has 0 spiro atoms. The standard InChI is InChI=1S/C15H11ClN2OS/c16-8-13-9-20-15(17-13)18-14(19)12-6-5-10-3-1-2-4-11(10)7-12/h1-7,9H,8H2,(H,17,18,19). The lowest BCUT2D eigenvalue weighted by Crippen LogP contribution is -2.11. The number of nitrogens with zero attached hydrogens (tertiary/aromatic N) is 1. The van der Waals surface area contributed by atoms with Gasteiger partial charge < -0.3 is 0 Å². The zero-order valence-electron chi connectivity index (χ0n) is 10.5. The van der Waals surface area contributed by atoms with Gasteiger partial charge >= 0.3 is 0 Å². The molecule has 1 amide bonds. The predicted molar refractivity (Wildman–Crippen MR) is 83.6 cm³/mol. The van der Waals surface area contributed by atoms with Gasteiger partial charge in [0.2, 0.25) is 0 Å². The average molecular weight is 303 g/mol. The van der Waals surface area contributed by atoms with Gasteiger partial charge in [-0.15, -0.1) is 22.9 Å². The van der Waals surface area contributed by atoms with Crippen LogP contribution in [0.2, 0.25) is 0 Å². The van der Waals surface area contributed by atoms with Crippen molar-refractivity contribution in [2.45, 2.75) is 5.88 Å². The summed E-state index contributed by atoms with van der Waals surface area (Å²) in [7, 11) is 0. The summed E-state index contributed by atoms with van der Waals surface area (Å²) in [5.41, 5.74) is 1.39. The largest absolute Gasteiger partial charge is 0.298 e. The molecule has 100 valence electrons. The number of aromatic nitrogens is 1. The Morgan fingerprint density at radius 2 is 2.00 bits per heavy atom. The molecule has 0 unspecified atom stereocenters. The molecule has 0 atom stereocenters. The van der Waals surface area contributed by atoms with Gasteiger partial charge in [-0.2, -0.15) is 0 Å². The molecule has 0 aliphatic rings. The Labute approximate surface area is 125 Å². The first kappa shape index (κ1) is 13.1. The molecule has 0 saturated heterocycles. The van der Waals surface area contributed by atoms with Crippen LogP contribution in [0.15, 0.2) is 47.8 Å². The number of hydrogen-bond acceptors (Lipinski definition) is 3. The first-order valence-corrected chi connectivity index (χ1v) is 7.48. The number of hydrogen-bond donors (Lipinski definition) is 1. The molecule has 3 aromatic rings. The van der Waals surface area contributed by atoms with Crippen molar-refractivity contribution in [2.75, 3.05) is 5.32 Å². The maximum absolute atomic E-state index is 12.2. The minimum Gasteiger partial charge on any atom is -0.298 e. The van der Waals surface area contributed by atoms with Gasteiger partial charge in [0.05, 0.1) is 11.6 Å². The van der Waals surface area contributed by atoms with E-state index in [4.69, 9.17) is 11.6 Å². The second-order valence-electron chi connectivity index (χ2n) is 4.29. The maximum Gasteiger partial charge on any atom is 0.257 e. The lowest BCUT2D eigenvalue weighted by molar-refractivity contribution is 0.102. The minimum atomic E-state index is -0.161. The molecule has 5 heteroatoms. The number of anilines is 1. The molecule has 2 aromatic carbocycles. The van der Waals surface area contributed by atoms with Gasteiger partial charge in [0, 0.05) is 10.9 Å². The smallest absolute Gasteiger partial charge is 0.257 e. The summed E-state index contributed by atoms with van der Waals surface area (Å²) in [6, 6.07) is 13.6. The fraction of sp³-hybridized carbons (Fsp3) is 0.0667. The van der Waals surface area contributed by atoms with Gasteiger partial charge in [-0.3, -0.25) is 10.1 Å². The van der Waals surface area contributed by atoms with Gasteiger partial charge in [-0.25, -0.2) is 4.98 Å². The average Bonchev–Trinajstić information content (AvgIpc) is 2.94. The Bertz CT molecular complexity index is 769. The lowest BCUT2D eigenvalue weighted by atomic mass is 10.1. The molecule has 3 rings (SSSR count). The van der Waals surface area contributed by atoms with Gasteiger partial charge in [0.25, 0.3) is 5.91 Å². The summed E-state index contributed by atoms with van der Waals surface area (Å²) in [6.07, 6.45) is 0. The summed E-state index contributed by atoms with van der Waals surface area (Å²) in [4.78, 5) is 16.4. The van der Waals surface area contributed by atoms with E-state index in [1.165, 1.54) is 11.3 Å². The highest BCUT2D eigenvalue weighted by Gasteiger charge is 2.09. The number of benzene rings is 2. The van der Waals surface area contributed by atoms with Gasteiger partial charge in [-0.05, 0) is 22.9 Å². The predicted octanol–water partition coefficient (Wildman–Crippen LogP) is 4.29. The van der Waals surface area contributed by atoms with Gasteiger partial charge in [0.15, 0.2) is 5.13 Å². The third-order valence-corrected chi connectivity index (χ3v) is 4.00. The third-order valence-electron chi connectivity index (χ3n) is 2.92. The SMILES string of the molecule is O=C(Nc1nc(CCl)cs1)c1ccc2ccccc2c1. The zero-order chi connectivity index (χ0) is 13.9. The second-order valence-corrected chi connectivity index (χ2v) is 5.42. The van der Waals surface area contributed by atoms with Crippen LogP contribution in [0.4, 0.5) is 5.13 Å². The Kier molecular flexibility index (Phi) is 3.67. The van der Waals surface area contributed by atoms with Crippen molar-refractivity contribution >= 4 is 44.7 Å². The van der Waals surface area contributed by atoms with Crippen LogP contribution in [-0.2, 0) is 5.88 Å². The molecule has 1 aromatic heterocycles. The van der Waals surface area contributed by atoms with Crippen LogP contribution in [0.3, 0.4) is 0 Å². The molecular weight excluding hydrogens is 292 g/mol. The van der Waals surface area contributed by atoms with Crippen LogP contribution in [0.5, 0.6) is 0 Å². The van der Waals surface area contributed by atoms with E-state index in [1.54, 1.807) is 0 Å². The van der Waals surface area contributed by atoms with Gasteiger partial charge in [0.1, 0.15) is 0 Å². The minimum absolute atomic E-state index is 0.161. The highest BCUT2D eigenvalue weighted by molar-refractivity contribution is 7.14. The summed E-state index contributed by atoms with van der Waals surface area (Å²) < 4.78 is 0. The molecule has 0 fully saturated rings. The quantitative estimate of drug-likeness (QED) is 0.733. The van der Waals surface area contributed by atoms with Crippen LogP contribution < -0.4 is 5.32 Å². The number of rotatable bonds is 3. The zero-order valence-corrected chi connectivity index (χ0v) is 12.0. The summed E-state index contributed by atoms with van der Waals surface area (Å²) in [5.74, 6) is 0.189. The molecular formula is C15H11ClN2OS. The maximum atomic E-state index is 12.2. The van der Waals surface area contributed by atoms with E-state index in [1.807, 2.05) is 47.8 Å². The van der Waals surface area contributed by atoms with E-state index < -0.39 is 0 Å². The first-order chi connectivity index (χ1) is 9.76. The molecule has 0 saturated carbocycles. The number of thiazole rings is 1. The monoisotopic (exact) mass is 302 g/mol. The van der Waals surface area contributed by atoms with Crippen LogP contribution in [0, 0.1) is 0 Å². The van der Waals surface area contributed by atoms with E-state index in [0.717, 1.165) is 16.5 Å². The van der Waals surface area contributed by atoms with Crippen LogP contribution in [0.25, 0.3) is 10.8 Å². The third kappa shape index (κ3) is 2.66. The summed E-state index contributed by atoms with van der Waals surface area (Å²) in [5, 5.41) is 7.35. The van der Waals surface area contributed by atoms with Crippen molar-refractivity contribution in [1.82, 2.24) is 4.98 Å². The fourth-order valence-electron chi connectivity index (χ4n) is 1.93. The Morgan fingerprint density at radius 3 is 2.75 bits per heavy atom. The van der Waals surface area contributed by atoms with E-state index in [9.17, 15) is 4.79 Å². The molecule has 0 aliphatic heterocycles. The van der Waals surface area contributed by atoms with Crippen molar-refractivity contribution in [3.8, 4) is 0 Å². The van der Waals surface area contributed by atoms with Crippen LogP contribution in [0.1, 0.15) is 16.1 Å². The lowest BCUT2D eigenvalue weighted by Gasteiger charge is -2.03. The molecule has 0 bridgehead atoms. The molecule has 0 radical (unpaired) electrons. The first-order valence-electron chi connectivity index (χ1n) is 6.07. The van der Waals surface area contributed by atoms with Crippen LogP contribution in [-0.4, -0.2) is 10.9 Å². The van der Waals surface area contributed by atoms with E-state index in [0.29, 0.717) is 16.6 Å². The molecule has 1 heterocycles. The van der Waals surface area contributed by atoms with Crippen molar-refractivity contribution in [1.29, 1.82) is 0 Å². The number of alkyl halides is 1. The van der Waals surface area contributed by atoms with Crippen molar-refractivity contribution in [3.05, 3.63) is 59.1 Å². The molecule has 20 heavy (non-hydrogen) atoms. The van der Waals surface area contributed by atoms with E-state index in [-0.39, 0.29) is 5.91 Å². The topological polar surface area (TPSA) is 42.0 Å². The van der Waals surface area contributed by atoms with E-state index in [2.05, 4.69) is 10.3 Å². The Morgan fingerprint density at radius 1 is 1.20 bits per heavy atom. The van der Waals surface area contributed by atoms with Crippen molar-refractivity contribution in [2.24, 2.45) is 0 Å². The highest BCUT2D eigenvalue weighted by atomic mass is 35.5. The number of fused-ring (bicyclic) bond motifs is 1. The molecule has 0 aliphatic carbocycles. The van der Waals surface area contributed by atoms with Crippen molar-refractivity contribution < 1.29 is 4.79 Å². The Balaban J connectivity index is 1.84. The Hall–Kier alpha value is -1.91. The van der Waals surface area contributed by atoms with Crippen LogP contribution >= 0.6 is 22.9 Å². The number of nitrogens with one attached hydrogen (secondary N) is 1. The number of carbonyl (C=O) groups excluding carboxylic acids is 1. The number of halogens is 1. The molecule has 3 nitrogen and oxygen atoms in total. The number of amides is 1. The number of carbonyl (C=O) groups is 1.